The highest BCUT2D eigenvalue weighted by atomic mass is 127. The van der Waals surface area contributed by atoms with Gasteiger partial charge in [-0.2, -0.15) is 5.26 Å². The van der Waals surface area contributed by atoms with Gasteiger partial charge in [0.2, 0.25) is 0 Å². The molecule has 5 heteroatoms. The zero-order valence-electron chi connectivity index (χ0n) is 11.3. The summed E-state index contributed by atoms with van der Waals surface area (Å²) in [6, 6.07) is 7.72. The van der Waals surface area contributed by atoms with Gasteiger partial charge in [0.05, 0.1) is 18.2 Å². The second-order valence-electron chi connectivity index (χ2n) is 5.15. The van der Waals surface area contributed by atoms with Gasteiger partial charge in [-0.25, -0.2) is 0 Å². The number of nitrogens with zero attached hydrogens (tertiary/aromatic N) is 1. The number of nitrogens with one attached hydrogen (secondary N) is 1. The van der Waals surface area contributed by atoms with Gasteiger partial charge in [0.25, 0.3) is 0 Å². The Balaban J connectivity index is 2.48. The van der Waals surface area contributed by atoms with Crippen LogP contribution in [0.15, 0.2) is 18.2 Å². The van der Waals surface area contributed by atoms with Gasteiger partial charge in [0, 0.05) is 10.1 Å². The van der Waals surface area contributed by atoms with Crippen molar-refractivity contribution < 1.29 is 9.53 Å². The third-order valence-corrected chi connectivity index (χ3v) is 2.73. The zero-order valence-corrected chi connectivity index (χ0v) is 13.4. The predicted octanol–water partition coefficient (Wildman–Crippen LogP) is 2.59. The molecule has 0 unspecified atom stereocenters. The monoisotopic (exact) mass is 372 g/mol. The Hall–Kier alpha value is -1.13. The van der Waals surface area contributed by atoms with Crippen LogP contribution in [-0.2, 0) is 16.1 Å². The molecule has 0 amide bonds. The Bertz CT molecular complexity index is 501. The average molecular weight is 372 g/mol. The highest BCUT2D eigenvalue weighted by Gasteiger charge is 2.15. The van der Waals surface area contributed by atoms with E-state index in [1.165, 1.54) is 0 Å². The molecule has 1 N–H and O–H groups in total. The van der Waals surface area contributed by atoms with Crippen molar-refractivity contribution in [2.45, 2.75) is 32.9 Å². The molecule has 0 aromatic heterocycles. The third kappa shape index (κ3) is 6.55. The van der Waals surface area contributed by atoms with Crippen LogP contribution in [0.2, 0.25) is 0 Å². The highest BCUT2D eigenvalue weighted by Crippen LogP contribution is 2.12. The topological polar surface area (TPSA) is 62.1 Å². The molecule has 0 bridgehead atoms. The summed E-state index contributed by atoms with van der Waals surface area (Å²) in [5, 5.41) is 11.9. The summed E-state index contributed by atoms with van der Waals surface area (Å²) in [6.07, 6.45) is 0. The number of halogens is 1. The predicted molar refractivity (Wildman–Crippen MR) is 81.4 cm³/mol. The van der Waals surface area contributed by atoms with E-state index in [1.54, 1.807) is 0 Å². The van der Waals surface area contributed by atoms with Gasteiger partial charge >= 0.3 is 5.97 Å². The normalized spacial score (nSPS) is 10.9. The van der Waals surface area contributed by atoms with E-state index in [9.17, 15) is 4.79 Å². The van der Waals surface area contributed by atoms with Crippen molar-refractivity contribution in [3.63, 3.8) is 0 Å². The maximum absolute atomic E-state index is 11.5. The number of hydrogen-bond donors (Lipinski definition) is 1. The molecule has 0 aliphatic rings. The number of benzene rings is 1. The Morgan fingerprint density at radius 1 is 1.42 bits per heavy atom. The average Bonchev–Trinajstić information content (AvgIpc) is 2.25. The van der Waals surface area contributed by atoms with Crippen LogP contribution in [0.4, 0.5) is 0 Å². The molecule has 1 rings (SSSR count). The van der Waals surface area contributed by atoms with E-state index in [4.69, 9.17) is 10.00 Å². The first kappa shape index (κ1) is 15.9. The fourth-order valence-electron chi connectivity index (χ4n) is 1.50. The molecule has 0 saturated carbocycles. The van der Waals surface area contributed by atoms with Crippen molar-refractivity contribution in [1.82, 2.24) is 5.32 Å². The van der Waals surface area contributed by atoms with Gasteiger partial charge in [-0.1, -0.05) is 0 Å². The van der Waals surface area contributed by atoms with Crippen LogP contribution in [0.1, 0.15) is 31.9 Å². The summed E-state index contributed by atoms with van der Waals surface area (Å²) in [5.41, 5.74) is 1.14. The molecule has 0 spiro atoms. The fraction of sp³-hybridized carbons (Fsp3) is 0.429. The molecule has 19 heavy (non-hydrogen) atoms. The first-order valence-electron chi connectivity index (χ1n) is 5.92. The van der Waals surface area contributed by atoms with Gasteiger partial charge in [0.15, 0.2) is 0 Å². The maximum atomic E-state index is 11.5. The molecule has 0 fully saturated rings. The minimum Gasteiger partial charge on any atom is -0.459 e. The lowest BCUT2D eigenvalue weighted by atomic mass is 10.1. The lowest BCUT2D eigenvalue weighted by Crippen LogP contribution is -2.31. The Morgan fingerprint density at radius 3 is 2.68 bits per heavy atom. The van der Waals surface area contributed by atoms with Crippen molar-refractivity contribution in [3.8, 4) is 6.07 Å². The molecular formula is C14H17IN2O2. The van der Waals surface area contributed by atoms with Gasteiger partial charge in [-0.3, -0.25) is 4.79 Å². The van der Waals surface area contributed by atoms with E-state index in [0.717, 1.165) is 9.13 Å². The van der Waals surface area contributed by atoms with Gasteiger partial charge in [0.1, 0.15) is 5.60 Å². The fourth-order valence-corrected chi connectivity index (χ4v) is 2.24. The molecule has 0 aliphatic carbocycles. The first-order chi connectivity index (χ1) is 8.80. The second-order valence-corrected chi connectivity index (χ2v) is 6.40. The lowest BCUT2D eigenvalue weighted by Gasteiger charge is -2.19. The van der Waals surface area contributed by atoms with Crippen LogP contribution in [0.3, 0.4) is 0 Å². The summed E-state index contributed by atoms with van der Waals surface area (Å²) in [5.74, 6) is -0.279. The molecule has 0 saturated heterocycles. The number of carbonyl (C=O) groups is 1. The summed E-state index contributed by atoms with van der Waals surface area (Å²) >= 11 is 2.17. The molecule has 0 aliphatic heterocycles. The number of esters is 1. The number of ether oxygens (including phenoxy) is 1. The maximum Gasteiger partial charge on any atom is 0.320 e. The molecule has 0 heterocycles. The third-order valence-electron chi connectivity index (χ3n) is 2.11. The second kappa shape index (κ2) is 6.87. The van der Waals surface area contributed by atoms with Gasteiger partial charge in [-0.05, 0) is 67.1 Å². The Labute approximate surface area is 127 Å². The number of nitriles is 1. The van der Waals surface area contributed by atoms with Crippen molar-refractivity contribution in [2.75, 3.05) is 6.54 Å². The van der Waals surface area contributed by atoms with Crippen LogP contribution >= 0.6 is 22.6 Å². The Morgan fingerprint density at radius 2 is 2.11 bits per heavy atom. The SMILES string of the molecule is CC(C)(C)OC(=O)CNCc1cc(I)cc(C#N)c1. The molecule has 1 aromatic rings. The molecule has 102 valence electrons. The van der Waals surface area contributed by atoms with Gasteiger partial charge < -0.3 is 10.1 Å². The molecular weight excluding hydrogens is 355 g/mol. The van der Waals surface area contributed by atoms with E-state index < -0.39 is 5.60 Å². The van der Waals surface area contributed by atoms with Crippen molar-refractivity contribution in [1.29, 1.82) is 5.26 Å². The van der Waals surface area contributed by atoms with Crippen LogP contribution in [0.5, 0.6) is 0 Å². The largest absolute Gasteiger partial charge is 0.459 e. The van der Waals surface area contributed by atoms with Crippen LogP contribution < -0.4 is 5.32 Å². The summed E-state index contributed by atoms with van der Waals surface area (Å²) in [6.45, 7) is 6.20. The number of hydrogen-bond acceptors (Lipinski definition) is 4. The number of rotatable bonds is 4. The van der Waals surface area contributed by atoms with Crippen molar-refractivity contribution in [2.24, 2.45) is 0 Å². The lowest BCUT2D eigenvalue weighted by molar-refractivity contribution is -0.153. The standard InChI is InChI=1S/C14H17IN2O2/c1-14(2,3)19-13(18)9-17-8-11-4-10(7-16)5-12(15)6-11/h4-6,17H,8-9H2,1-3H3. The molecule has 1 aromatic carbocycles. The van der Waals surface area contributed by atoms with E-state index >= 15 is 0 Å². The van der Waals surface area contributed by atoms with Crippen molar-refractivity contribution >= 4 is 28.6 Å². The highest BCUT2D eigenvalue weighted by molar-refractivity contribution is 14.1. The molecule has 0 atom stereocenters. The quantitative estimate of drug-likeness (QED) is 0.652. The van der Waals surface area contributed by atoms with E-state index in [1.807, 2.05) is 39.0 Å². The minimum absolute atomic E-state index is 0.157. The summed E-state index contributed by atoms with van der Waals surface area (Å²) in [4.78, 5) is 11.5. The Kier molecular flexibility index (Phi) is 5.76. The van der Waals surface area contributed by atoms with E-state index in [-0.39, 0.29) is 12.5 Å². The van der Waals surface area contributed by atoms with Crippen LogP contribution in [0.25, 0.3) is 0 Å². The molecule has 4 nitrogen and oxygen atoms in total. The van der Waals surface area contributed by atoms with Crippen molar-refractivity contribution in [3.05, 3.63) is 32.9 Å². The summed E-state index contributed by atoms with van der Waals surface area (Å²) < 4.78 is 6.19. The number of carbonyl (C=O) groups excluding carboxylic acids is 1. The first-order valence-corrected chi connectivity index (χ1v) is 7.00. The van der Waals surface area contributed by atoms with Crippen LogP contribution in [0, 0.1) is 14.9 Å². The summed E-state index contributed by atoms with van der Waals surface area (Å²) in [7, 11) is 0. The minimum atomic E-state index is -0.463. The van der Waals surface area contributed by atoms with Crippen LogP contribution in [-0.4, -0.2) is 18.1 Å². The zero-order chi connectivity index (χ0) is 14.5. The smallest absolute Gasteiger partial charge is 0.320 e. The van der Waals surface area contributed by atoms with Gasteiger partial charge in [-0.15, -0.1) is 0 Å². The van der Waals surface area contributed by atoms with E-state index in [2.05, 4.69) is 34.0 Å². The van der Waals surface area contributed by atoms with E-state index in [0.29, 0.717) is 12.1 Å². The molecule has 0 radical (unpaired) electrons.